The summed E-state index contributed by atoms with van der Waals surface area (Å²) >= 11 is 0. The molecule has 2 heterocycles. The normalized spacial score (nSPS) is 19.9. The number of hydrogen-bond donors (Lipinski definition) is 2. The van der Waals surface area contributed by atoms with E-state index in [0.717, 1.165) is 22.6 Å². The second-order valence-electron chi connectivity index (χ2n) is 8.94. The fourth-order valence-corrected chi connectivity index (χ4v) is 4.41. The first kappa shape index (κ1) is 23.9. The smallest absolute Gasteiger partial charge is 0.251 e. The van der Waals surface area contributed by atoms with Crippen LogP contribution in [0.15, 0.2) is 48.5 Å². The third-order valence-electron chi connectivity index (χ3n) is 6.50. The summed E-state index contributed by atoms with van der Waals surface area (Å²) in [6, 6.07) is 15.0. The second-order valence-corrected chi connectivity index (χ2v) is 8.94. The van der Waals surface area contributed by atoms with Crippen LogP contribution in [-0.2, 0) is 16.1 Å². The van der Waals surface area contributed by atoms with Crippen LogP contribution >= 0.6 is 0 Å². The average molecular weight is 473 g/mol. The molecule has 9 heteroatoms. The SMILES string of the molecule is CCN1CC(C(=O)N(O)Cc2ccc(Nc3ccc(N4CCC(F)(F)CC4)cc3)cc2)CC1=O. The highest BCUT2D eigenvalue weighted by Gasteiger charge is 2.36. The number of carbonyl (C=O) groups is 2. The molecular formula is C25H30F2N4O3. The van der Waals surface area contributed by atoms with Crippen molar-refractivity contribution in [2.75, 3.05) is 36.4 Å². The summed E-state index contributed by atoms with van der Waals surface area (Å²) in [5.41, 5.74) is 3.39. The van der Waals surface area contributed by atoms with Gasteiger partial charge in [0, 0.05) is 62.5 Å². The molecular weight excluding hydrogens is 442 g/mol. The van der Waals surface area contributed by atoms with Crippen LogP contribution in [0, 0.1) is 5.92 Å². The summed E-state index contributed by atoms with van der Waals surface area (Å²) in [5.74, 6) is -3.57. The zero-order valence-electron chi connectivity index (χ0n) is 19.2. The first-order valence-electron chi connectivity index (χ1n) is 11.6. The van der Waals surface area contributed by atoms with Gasteiger partial charge in [-0.05, 0) is 48.9 Å². The topological polar surface area (TPSA) is 76.1 Å². The Balaban J connectivity index is 1.29. The van der Waals surface area contributed by atoms with Crippen LogP contribution in [0.1, 0.15) is 31.7 Å². The Morgan fingerprint density at radius 2 is 1.68 bits per heavy atom. The van der Waals surface area contributed by atoms with Gasteiger partial charge in [-0.3, -0.25) is 14.8 Å². The molecule has 2 aliphatic rings. The largest absolute Gasteiger partial charge is 0.371 e. The van der Waals surface area contributed by atoms with Crippen molar-refractivity contribution in [1.82, 2.24) is 9.96 Å². The fourth-order valence-electron chi connectivity index (χ4n) is 4.41. The maximum Gasteiger partial charge on any atom is 0.251 e. The van der Waals surface area contributed by atoms with Crippen molar-refractivity contribution in [2.24, 2.45) is 5.92 Å². The minimum Gasteiger partial charge on any atom is -0.371 e. The number of hydroxylamine groups is 2. The van der Waals surface area contributed by atoms with E-state index in [1.165, 1.54) is 0 Å². The Hall–Kier alpha value is -3.20. The third-order valence-corrected chi connectivity index (χ3v) is 6.50. The van der Waals surface area contributed by atoms with Gasteiger partial charge in [0.15, 0.2) is 0 Å². The van der Waals surface area contributed by atoms with Crippen molar-refractivity contribution < 1.29 is 23.6 Å². The van der Waals surface area contributed by atoms with Gasteiger partial charge >= 0.3 is 0 Å². The number of nitrogens with zero attached hydrogens (tertiary/aromatic N) is 3. The summed E-state index contributed by atoms with van der Waals surface area (Å²) in [7, 11) is 0. The lowest BCUT2D eigenvalue weighted by Crippen LogP contribution is -2.39. The van der Waals surface area contributed by atoms with Crippen molar-refractivity contribution in [2.45, 2.75) is 38.7 Å². The van der Waals surface area contributed by atoms with E-state index in [9.17, 15) is 23.6 Å². The van der Waals surface area contributed by atoms with Crippen LogP contribution in [0.2, 0.25) is 0 Å². The molecule has 0 aromatic heterocycles. The summed E-state index contributed by atoms with van der Waals surface area (Å²) in [5, 5.41) is 14.2. The van der Waals surface area contributed by atoms with Gasteiger partial charge in [-0.1, -0.05) is 12.1 Å². The van der Waals surface area contributed by atoms with Gasteiger partial charge in [-0.15, -0.1) is 0 Å². The van der Waals surface area contributed by atoms with E-state index in [1.54, 1.807) is 4.90 Å². The first-order valence-corrected chi connectivity index (χ1v) is 11.6. The molecule has 4 rings (SSSR count). The molecule has 182 valence electrons. The summed E-state index contributed by atoms with van der Waals surface area (Å²) < 4.78 is 26.7. The van der Waals surface area contributed by atoms with Crippen LogP contribution in [0.25, 0.3) is 0 Å². The lowest BCUT2D eigenvalue weighted by molar-refractivity contribution is -0.172. The maximum atomic E-state index is 13.4. The molecule has 2 aromatic carbocycles. The molecule has 1 unspecified atom stereocenters. The number of nitrogens with one attached hydrogen (secondary N) is 1. The number of hydrogen-bond acceptors (Lipinski definition) is 5. The first-order chi connectivity index (χ1) is 16.2. The number of likely N-dealkylation sites (tertiary alicyclic amines) is 1. The molecule has 0 aliphatic carbocycles. The number of rotatable bonds is 7. The van der Waals surface area contributed by atoms with Gasteiger partial charge in [-0.25, -0.2) is 13.8 Å². The number of piperidine rings is 1. The lowest BCUT2D eigenvalue weighted by atomic mass is 10.1. The van der Waals surface area contributed by atoms with Crippen LogP contribution in [0.4, 0.5) is 25.8 Å². The van der Waals surface area contributed by atoms with Crippen molar-refractivity contribution in [3.05, 3.63) is 54.1 Å². The van der Waals surface area contributed by atoms with Crippen LogP contribution in [-0.4, -0.2) is 59.1 Å². The summed E-state index contributed by atoms with van der Waals surface area (Å²) in [6.45, 7) is 3.50. The van der Waals surface area contributed by atoms with Crippen LogP contribution < -0.4 is 10.2 Å². The number of anilines is 3. The number of alkyl halides is 2. The Labute approximate surface area is 197 Å². The predicted molar refractivity (Wildman–Crippen MR) is 125 cm³/mol. The second kappa shape index (κ2) is 9.97. The van der Waals surface area contributed by atoms with Crippen molar-refractivity contribution >= 4 is 28.9 Å². The molecule has 0 saturated carbocycles. The summed E-state index contributed by atoms with van der Waals surface area (Å²) in [6.07, 6.45) is -0.103. The molecule has 0 bridgehead atoms. The van der Waals surface area contributed by atoms with Gasteiger partial charge in [0.25, 0.3) is 11.8 Å². The highest BCUT2D eigenvalue weighted by atomic mass is 19.3. The Morgan fingerprint density at radius 1 is 1.09 bits per heavy atom. The Morgan fingerprint density at radius 3 is 2.24 bits per heavy atom. The molecule has 2 fully saturated rings. The number of carbonyl (C=O) groups excluding carboxylic acids is 2. The lowest BCUT2D eigenvalue weighted by Gasteiger charge is -2.33. The molecule has 2 saturated heterocycles. The monoisotopic (exact) mass is 472 g/mol. The quantitative estimate of drug-likeness (QED) is 0.466. The molecule has 0 radical (unpaired) electrons. The van der Waals surface area contributed by atoms with Crippen LogP contribution in [0.5, 0.6) is 0 Å². The molecule has 2 aliphatic heterocycles. The van der Waals surface area contributed by atoms with E-state index in [4.69, 9.17) is 0 Å². The Kier molecular flexibility index (Phi) is 7.02. The van der Waals surface area contributed by atoms with E-state index in [1.807, 2.05) is 60.4 Å². The van der Waals surface area contributed by atoms with Crippen molar-refractivity contribution in [3.63, 3.8) is 0 Å². The van der Waals surface area contributed by atoms with E-state index in [0.29, 0.717) is 31.2 Å². The average Bonchev–Trinajstić information content (AvgIpc) is 3.21. The Bertz CT molecular complexity index is 1000. The minimum atomic E-state index is -2.56. The van der Waals surface area contributed by atoms with E-state index in [2.05, 4.69) is 5.32 Å². The van der Waals surface area contributed by atoms with E-state index in [-0.39, 0.29) is 31.7 Å². The van der Waals surface area contributed by atoms with Crippen molar-refractivity contribution in [1.29, 1.82) is 0 Å². The van der Waals surface area contributed by atoms with Gasteiger partial charge in [-0.2, -0.15) is 0 Å². The van der Waals surface area contributed by atoms with Gasteiger partial charge in [0.05, 0.1) is 12.5 Å². The van der Waals surface area contributed by atoms with Crippen molar-refractivity contribution in [3.8, 4) is 0 Å². The summed E-state index contributed by atoms with van der Waals surface area (Å²) in [4.78, 5) is 27.9. The van der Waals surface area contributed by atoms with Gasteiger partial charge in [0.2, 0.25) is 5.91 Å². The molecule has 0 spiro atoms. The number of halogens is 2. The highest BCUT2D eigenvalue weighted by Crippen LogP contribution is 2.31. The fraction of sp³-hybridized carbons (Fsp3) is 0.440. The van der Waals surface area contributed by atoms with E-state index >= 15 is 0 Å². The number of benzene rings is 2. The van der Waals surface area contributed by atoms with Gasteiger partial charge < -0.3 is 15.1 Å². The van der Waals surface area contributed by atoms with E-state index < -0.39 is 17.7 Å². The molecule has 34 heavy (non-hydrogen) atoms. The molecule has 7 nitrogen and oxygen atoms in total. The maximum absolute atomic E-state index is 13.4. The molecule has 1 atom stereocenters. The number of amides is 2. The molecule has 2 N–H and O–H groups in total. The zero-order valence-corrected chi connectivity index (χ0v) is 19.2. The molecule has 2 amide bonds. The molecule has 2 aromatic rings. The minimum absolute atomic E-state index is 0.0412. The van der Waals surface area contributed by atoms with Crippen LogP contribution in [0.3, 0.4) is 0 Å². The zero-order chi connectivity index (χ0) is 24.3. The third kappa shape index (κ3) is 5.64. The highest BCUT2D eigenvalue weighted by molar-refractivity contribution is 5.88. The standard InChI is InChI=1S/C25H30F2N4O3/c1-2-29-17-19(15-23(29)32)24(33)31(34)16-18-3-5-20(6-4-18)28-21-7-9-22(10-8-21)30-13-11-25(26,27)12-14-30/h3-10,19,28,34H,2,11-17H2,1H3. The predicted octanol–water partition coefficient (Wildman–Crippen LogP) is 4.25. The van der Waals surface area contributed by atoms with Gasteiger partial charge in [0.1, 0.15) is 0 Å².